The minimum atomic E-state index is -0.244. The number of hydrogen-bond donors (Lipinski definition) is 1. The molecule has 0 aliphatic carbocycles. The van der Waals surface area contributed by atoms with Gasteiger partial charge in [0.2, 0.25) is 0 Å². The van der Waals surface area contributed by atoms with E-state index in [-0.39, 0.29) is 5.82 Å². The number of halogens is 1. The molecule has 0 unspecified atom stereocenters. The Kier molecular flexibility index (Phi) is 5.54. The molecule has 0 heterocycles. The molecular formula is C12H17FOS. The van der Waals surface area contributed by atoms with Crippen molar-refractivity contribution in [3.63, 3.8) is 0 Å². The average Bonchev–Trinajstić information content (AvgIpc) is 2.23. The van der Waals surface area contributed by atoms with Crippen molar-refractivity contribution in [2.75, 3.05) is 12.4 Å². The quantitative estimate of drug-likeness (QED) is 0.578. The summed E-state index contributed by atoms with van der Waals surface area (Å²) < 4.78 is 18.4. The Labute approximate surface area is 96.1 Å². The van der Waals surface area contributed by atoms with Gasteiger partial charge in [-0.3, -0.25) is 0 Å². The topological polar surface area (TPSA) is 9.23 Å². The minimum Gasteiger partial charge on any atom is -0.493 e. The predicted molar refractivity (Wildman–Crippen MR) is 64.3 cm³/mol. The van der Waals surface area contributed by atoms with E-state index in [1.807, 2.05) is 6.92 Å². The van der Waals surface area contributed by atoms with Crippen LogP contribution in [0.3, 0.4) is 0 Å². The molecule has 0 radical (unpaired) electrons. The smallest absolute Gasteiger partial charge is 0.126 e. The Hall–Kier alpha value is -0.700. The molecule has 3 heteroatoms. The first-order valence-electron chi connectivity index (χ1n) is 5.24. The van der Waals surface area contributed by atoms with Crippen molar-refractivity contribution in [2.24, 2.45) is 0 Å². The van der Waals surface area contributed by atoms with Gasteiger partial charge in [0.1, 0.15) is 11.6 Å². The van der Waals surface area contributed by atoms with Crippen LogP contribution in [0.5, 0.6) is 5.75 Å². The zero-order valence-corrected chi connectivity index (χ0v) is 9.90. The van der Waals surface area contributed by atoms with Gasteiger partial charge in [0.25, 0.3) is 0 Å². The van der Waals surface area contributed by atoms with Gasteiger partial charge in [0, 0.05) is 6.07 Å². The number of thiol groups is 1. The molecule has 0 aromatic heterocycles. The van der Waals surface area contributed by atoms with Crippen LogP contribution in [0.4, 0.5) is 4.39 Å². The molecule has 0 N–H and O–H groups in total. The number of aryl methyl sites for hydroxylation is 1. The number of rotatable bonds is 6. The van der Waals surface area contributed by atoms with Gasteiger partial charge in [-0.2, -0.15) is 12.6 Å². The summed E-state index contributed by atoms with van der Waals surface area (Å²) >= 11 is 4.13. The second-order valence-corrected chi connectivity index (χ2v) is 3.99. The van der Waals surface area contributed by atoms with Gasteiger partial charge in [-0.25, -0.2) is 4.39 Å². The van der Waals surface area contributed by atoms with Crippen molar-refractivity contribution in [1.29, 1.82) is 0 Å². The van der Waals surface area contributed by atoms with E-state index >= 15 is 0 Å². The van der Waals surface area contributed by atoms with E-state index in [1.54, 1.807) is 6.07 Å². The zero-order chi connectivity index (χ0) is 11.1. The second-order valence-electron chi connectivity index (χ2n) is 3.54. The predicted octanol–water partition coefficient (Wildman–Crippen LogP) is 3.61. The number of hydrogen-bond acceptors (Lipinski definition) is 2. The summed E-state index contributed by atoms with van der Waals surface area (Å²) in [7, 11) is 0. The summed E-state index contributed by atoms with van der Waals surface area (Å²) in [6, 6.07) is 4.62. The first-order chi connectivity index (χ1) is 7.24. The third-order valence-electron chi connectivity index (χ3n) is 2.21. The second kappa shape index (κ2) is 6.72. The molecule has 0 atom stereocenters. The monoisotopic (exact) mass is 228 g/mol. The molecule has 1 aromatic carbocycles. The SMILES string of the molecule is Cc1ccc(F)cc1OCCCCCS. The van der Waals surface area contributed by atoms with Crippen molar-refractivity contribution >= 4 is 12.6 Å². The lowest BCUT2D eigenvalue weighted by molar-refractivity contribution is 0.303. The van der Waals surface area contributed by atoms with Crippen molar-refractivity contribution in [3.8, 4) is 5.75 Å². The van der Waals surface area contributed by atoms with Gasteiger partial charge in [-0.05, 0) is 43.6 Å². The number of unbranched alkanes of at least 4 members (excludes halogenated alkanes) is 2. The van der Waals surface area contributed by atoms with Crippen LogP contribution >= 0.6 is 12.6 Å². The Morgan fingerprint density at radius 3 is 2.80 bits per heavy atom. The van der Waals surface area contributed by atoms with Gasteiger partial charge in [0.05, 0.1) is 6.61 Å². The van der Waals surface area contributed by atoms with Gasteiger partial charge < -0.3 is 4.74 Å². The Morgan fingerprint density at radius 2 is 2.07 bits per heavy atom. The zero-order valence-electron chi connectivity index (χ0n) is 9.00. The van der Waals surface area contributed by atoms with E-state index in [4.69, 9.17) is 4.74 Å². The van der Waals surface area contributed by atoms with E-state index in [0.29, 0.717) is 12.4 Å². The summed E-state index contributed by atoms with van der Waals surface area (Å²) in [6.07, 6.45) is 3.21. The molecule has 0 bridgehead atoms. The fourth-order valence-electron chi connectivity index (χ4n) is 1.30. The normalized spacial score (nSPS) is 10.3. The molecule has 84 valence electrons. The summed E-state index contributed by atoms with van der Waals surface area (Å²) in [5, 5.41) is 0. The van der Waals surface area contributed by atoms with Crippen LogP contribution < -0.4 is 4.74 Å². The maximum Gasteiger partial charge on any atom is 0.126 e. The van der Waals surface area contributed by atoms with Crippen LogP contribution in [-0.2, 0) is 0 Å². The molecule has 0 aliphatic rings. The van der Waals surface area contributed by atoms with E-state index in [2.05, 4.69) is 12.6 Å². The van der Waals surface area contributed by atoms with Crippen LogP contribution in [0.2, 0.25) is 0 Å². The maximum atomic E-state index is 12.9. The Bertz CT molecular complexity index is 302. The third-order valence-corrected chi connectivity index (χ3v) is 2.53. The highest BCUT2D eigenvalue weighted by molar-refractivity contribution is 7.80. The van der Waals surface area contributed by atoms with Crippen molar-refractivity contribution in [1.82, 2.24) is 0 Å². The Morgan fingerprint density at radius 1 is 1.27 bits per heavy atom. The van der Waals surface area contributed by atoms with Gasteiger partial charge >= 0.3 is 0 Å². The molecular weight excluding hydrogens is 211 g/mol. The van der Waals surface area contributed by atoms with E-state index in [0.717, 1.165) is 30.6 Å². The average molecular weight is 228 g/mol. The van der Waals surface area contributed by atoms with Crippen molar-refractivity contribution in [3.05, 3.63) is 29.6 Å². The van der Waals surface area contributed by atoms with Crippen LogP contribution in [0, 0.1) is 12.7 Å². The molecule has 0 saturated carbocycles. The highest BCUT2D eigenvalue weighted by Gasteiger charge is 2.00. The molecule has 1 rings (SSSR count). The van der Waals surface area contributed by atoms with Gasteiger partial charge in [-0.15, -0.1) is 0 Å². The highest BCUT2D eigenvalue weighted by Crippen LogP contribution is 2.18. The van der Waals surface area contributed by atoms with Crippen LogP contribution in [-0.4, -0.2) is 12.4 Å². The van der Waals surface area contributed by atoms with Crippen LogP contribution in [0.25, 0.3) is 0 Å². The molecule has 15 heavy (non-hydrogen) atoms. The number of benzene rings is 1. The molecule has 1 aromatic rings. The molecule has 0 fully saturated rings. The standard InChI is InChI=1S/C12H17FOS/c1-10-5-6-11(13)9-12(10)14-7-3-2-4-8-15/h5-6,9,15H,2-4,7-8H2,1H3. The lowest BCUT2D eigenvalue weighted by Crippen LogP contribution is -1.99. The van der Waals surface area contributed by atoms with E-state index < -0.39 is 0 Å². The first kappa shape index (κ1) is 12.4. The lowest BCUT2D eigenvalue weighted by Gasteiger charge is -2.08. The fraction of sp³-hybridized carbons (Fsp3) is 0.500. The van der Waals surface area contributed by atoms with Gasteiger partial charge in [0.15, 0.2) is 0 Å². The van der Waals surface area contributed by atoms with Crippen LogP contribution in [0.15, 0.2) is 18.2 Å². The molecule has 0 amide bonds. The Balaban J connectivity index is 2.33. The number of ether oxygens (including phenoxy) is 1. The van der Waals surface area contributed by atoms with Gasteiger partial charge in [-0.1, -0.05) is 6.07 Å². The summed E-state index contributed by atoms with van der Waals surface area (Å²) in [6.45, 7) is 2.57. The molecule has 1 nitrogen and oxygen atoms in total. The fourth-order valence-corrected chi connectivity index (χ4v) is 1.53. The largest absolute Gasteiger partial charge is 0.493 e. The van der Waals surface area contributed by atoms with E-state index in [1.165, 1.54) is 12.1 Å². The maximum absolute atomic E-state index is 12.9. The molecule has 0 spiro atoms. The summed E-state index contributed by atoms with van der Waals surface area (Å²) in [5.74, 6) is 1.32. The molecule has 0 saturated heterocycles. The minimum absolute atomic E-state index is 0.244. The van der Waals surface area contributed by atoms with E-state index in [9.17, 15) is 4.39 Å². The third kappa shape index (κ3) is 4.56. The van der Waals surface area contributed by atoms with Crippen molar-refractivity contribution < 1.29 is 9.13 Å². The molecule has 0 aliphatic heterocycles. The van der Waals surface area contributed by atoms with Crippen molar-refractivity contribution in [2.45, 2.75) is 26.2 Å². The first-order valence-corrected chi connectivity index (χ1v) is 5.87. The lowest BCUT2D eigenvalue weighted by atomic mass is 10.2. The summed E-state index contributed by atoms with van der Waals surface area (Å²) in [4.78, 5) is 0. The van der Waals surface area contributed by atoms with Crippen LogP contribution in [0.1, 0.15) is 24.8 Å². The summed E-state index contributed by atoms with van der Waals surface area (Å²) in [5.41, 5.74) is 0.977. The highest BCUT2D eigenvalue weighted by atomic mass is 32.1.